The van der Waals surface area contributed by atoms with E-state index in [1.54, 1.807) is 26.4 Å². The topological polar surface area (TPSA) is 96.5 Å². The first kappa shape index (κ1) is 22.4. The number of rotatable bonds is 7. The van der Waals surface area contributed by atoms with Crippen molar-refractivity contribution in [1.82, 2.24) is 20.2 Å². The second-order valence-electron chi connectivity index (χ2n) is 7.89. The van der Waals surface area contributed by atoms with Crippen molar-refractivity contribution in [1.29, 1.82) is 0 Å². The van der Waals surface area contributed by atoms with Gasteiger partial charge in [0.15, 0.2) is 0 Å². The minimum atomic E-state index is -0.215. The number of carbonyl (C=O) groups excluding carboxylic acids is 2. The van der Waals surface area contributed by atoms with Crippen LogP contribution in [0.3, 0.4) is 0 Å². The summed E-state index contributed by atoms with van der Waals surface area (Å²) in [6.45, 7) is 1.17. The van der Waals surface area contributed by atoms with Gasteiger partial charge in [-0.25, -0.2) is 0 Å². The van der Waals surface area contributed by atoms with E-state index in [-0.39, 0.29) is 17.9 Å². The zero-order chi connectivity index (χ0) is 23.2. The number of carbonyl (C=O) groups is 2. The van der Waals surface area contributed by atoms with Crippen LogP contribution in [-0.2, 0) is 4.79 Å². The van der Waals surface area contributed by atoms with Gasteiger partial charge in [0.1, 0.15) is 11.4 Å². The number of amides is 2. The number of ether oxygens (including phenoxy) is 1. The highest BCUT2D eigenvalue weighted by molar-refractivity contribution is 5.92. The molecule has 170 valence electrons. The maximum absolute atomic E-state index is 12.6. The van der Waals surface area contributed by atoms with Crippen molar-refractivity contribution in [3.05, 3.63) is 72.3 Å². The molecule has 1 aromatic carbocycles. The molecule has 4 rings (SSSR count). The first-order valence-corrected chi connectivity index (χ1v) is 10.9. The van der Waals surface area contributed by atoms with Gasteiger partial charge in [0.2, 0.25) is 5.91 Å². The molecule has 1 aliphatic heterocycles. The Morgan fingerprint density at radius 1 is 1.03 bits per heavy atom. The van der Waals surface area contributed by atoms with Crippen LogP contribution in [0.1, 0.15) is 35.1 Å². The molecule has 3 heterocycles. The van der Waals surface area contributed by atoms with E-state index in [1.807, 2.05) is 48.7 Å². The normalized spacial score (nSPS) is 15.8. The Morgan fingerprint density at radius 2 is 1.76 bits per heavy atom. The summed E-state index contributed by atoms with van der Waals surface area (Å²) in [5.41, 5.74) is 3.89. The highest BCUT2D eigenvalue weighted by Gasteiger charge is 2.28. The fourth-order valence-electron chi connectivity index (χ4n) is 4.01. The summed E-state index contributed by atoms with van der Waals surface area (Å²) < 4.78 is 5.15. The number of benzene rings is 1. The Bertz CT molecular complexity index is 1100. The predicted octanol–water partition coefficient (Wildman–Crippen LogP) is 3.29. The van der Waals surface area contributed by atoms with Crippen LogP contribution in [0.15, 0.2) is 60.9 Å². The van der Waals surface area contributed by atoms with Crippen molar-refractivity contribution < 1.29 is 14.3 Å². The lowest BCUT2D eigenvalue weighted by molar-refractivity contribution is -0.117. The Morgan fingerprint density at radius 3 is 2.36 bits per heavy atom. The lowest BCUT2D eigenvalue weighted by Crippen LogP contribution is -2.33. The maximum Gasteiger partial charge on any atom is 0.269 e. The second-order valence-corrected chi connectivity index (χ2v) is 7.89. The molecule has 33 heavy (non-hydrogen) atoms. The number of aromatic nitrogens is 2. The minimum absolute atomic E-state index is 0.0500. The molecule has 3 aromatic rings. The Balaban J connectivity index is 1.39. The van der Waals surface area contributed by atoms with Crippen LogP contribution in [0.2, 0.25) is 0 Å². The minimum Gasteiger partial charge on any atom is -0.497 e. The highest BCUT2D eigenvalue weighted by atomic mass is 16.5. The number of hydrogen-bond acceptors (Lipinski definition) is 6. The number of likely N-dealkylation sites (tertiary alicyclic amines) is 1. The third-order valence-electron chi connectivity index (χ3n) is 5.77. The van der Waals surface area contributed by atoms with Crippen LogP contribution >= 0.6 is 0 Å². The molecule has 8 nitrogen and oxygen atoms in total. The largest absolute Gasteiger partial charge is 0.497 e. The zero-order valence-electron chi connectivity index (χ0n) is 18.7. The fraction of sp³-hybridized carbons (Fsp3) is 0.280. The van der Waals surface area contributed by atoms with E-state index in [1.165, 1.54) is 0 Å². The Labute approximate surface area is 193 Å². The quantitative estimate of drug-likeness (QED) is 0.579. The van der Waals surface area contributed by atoms with Crippen molar-refractivity contribution in [3.63, 3.8) is 0 Å². The highest BCUT2D eigenvalue weighted by Crippen LogP contribution is 2.31. The molecule has 2 aromatic heterocycles. The number of hydrogen-bond donors (Lipinski definition) is 2. The van der Waals surface area contributed by atoms with Gasteiger partial charge in [-0.2, -0.15) is 0 Å². The molecule has 0 spiro atoms. The molecule has 1 aliphatic rings. The summed E-state index contributed by atoms with van der Waals surface area (Å²) in [6.07, 6.45) is 5.48. The van der Waals surface area contributed by atoms with E-state index in [4.69, 9.17) is 4.74 Å². The molecule has 1 fully saturated rings. The van der Waals surface area contributed by atoms with Gasteiger partial charge in [-0.3, -0.25) is 24.5 Å². The zero-order valence-corrected chi connectivity index (χ0v) is 18.7. The third-order valence-corrected chi connectivity index (χ3v) is 5.77. The maximum atomic E-state index is 12.6. The summed E-state index contributed by atoms with van der Waals surface area (Å²) in [5, 5.41) is 5.51. The molecule has 0 aliphatic carbocycles. The van der Waals surface area contributed by atoms with E-state index < -0.39 is 0 Å². The Kier molecular flexibility index (Phi) is 6.95. The molecule has 1 atom stereocenters. The van der Waals surface area contributed by atoms with Crippen molar-refractivity contribution in [2.45, 2.75) is 18.9 Å². The number of pyridine rings is 2. The van der Waals surface area contributed by atoms with Crippen LogP contribution in [-0.4, -0.2) is 53.9 Å². The van der Waals surface area contributed by atoms with Crippen molar-refractivity contribution in [3.8, 4) is 16.9 Å². The second kappa shape index (κ2) is 10.2. The number of anilines is 1. The molecule has 2 N–H and O–H groups in total. The molecular weight excluding hydrogens is 418 g/mol. The lowest BCUT2D eigenvalue weighted by Gasteiger charge is -2.23. The van der Waals surface area contributed by atoms with Crippen LogP contribution in [0.4, 0.5) is 5.69 Å². The first-order chi connectivity index (χ1) is 16.1. The molecule has 1 saturated heterocycles. The van der Waals surface area contributed by atoms with E-state index in [0.717, 1.165) is 47.6 Å². The third kappa shape index (κ3) is 5.35. The molecule has 0 bridgehead atoms. The van der Waals surface area contributed by atoms with Crippen LogP contribution in [0.5, 0.6) is 5.75 Å². The van der Waals surface area contributed by atoms with Crippen LogP contribution in [0.25, 0.3) is 11.1 Å². The van der Waals surface area contributed by atoms with Gasteiger partial charge >= 0.3 is 0 Å². The molecular formula is C25H27N5O3. The fourth-order valence-corrected chi connectivity index (χ4v) is 4.01. The number of nitrogens with zero attached hydrogens (tertiary/aromatic N) is 3. The lowest BCUT2D eigenvalue weighted by atomic mass is 10.1. The summed E-state index contributed by atoms with van der Waals surface area (Å²) >= 11 is 0. The molecule has 0 radical (unpaired) electrons. The van der Waals surface area contributed by atoms with Gasteiger partial charge in [-0.15, -0.1) is 0 Å². The summed E-state index contributed by atoms with van der Waals surface area (Å²) in [5.74, 6) is 0.485. The molecule has 2 amide bonds. The SMILES string of the molecule is CNC(=O)c1ccc(-c2ccc(C3CCCN3CC(=O)Nc3ccc(OC)cc3)nc2)cn1. The van der Waals surface area contributed by atoms with Gasteiger partial charge in [-0.05, 0) is 55.8 Å². The van der Waals surface area contributed by atoms with E-state index in [2.05, 4.69) is 25.5 Å². The van der Waals surface area contributed by atoms with Gasteiger partial charge in [0.05, 0.1) is 25.4 Å². The van der Waals surface area contributed by atoms with Crippen molar-refractivity contribution >= 4 is 17.5 Å². The number of nitrogens with one attached hydrogen (secondary N) is 2. The first-order valence-electron chi connectivity index (χ1n) is 10.9. The average molecular weight is 446 g/mol. The summed E-state index contributed by atoms with van der Waals surface area (Å²) in [7, 11) is 3.19. The van der Waals surface area contributed by atoms with Crippen LogP contribution in [0, 0.1) is 0 Å². The van der Waals surface area contributed by atoms with E-state index in [9.17, 15) is 9.59 Å². The predicted molar refractivity (Wildman–Crippen MR) is 126 cm³/mol. The van der Waals surface area contributed by atoms with E-state index >= 15 is 0 Å². The van der Waals surface area contributed by atoms with E-state index in [0.29, 0.717) is 12.2 Å². The molecule has 8 heteroatoms. The van der Waals surface area contributed by atoms with Gasteiger partial charge in [-0.1, -0.05) is 12.1 Å². The standard InChI is InChI=1S/C25H27N5O3/c1-26-25(32)22-12-6-18(15-28-22)17-5-11-21(27-14-17)23-4-3-13-30(23)16-24(31)29-19-7-9-20(33-2)10-8-19/h5-12,14-15,23H,3-4,13,16H2,1-2H3,(H,26,32)(H,29,31). The monoisotopic (exact) mass is 445 g/mol. The molecule has 1 unspecified atom stereocenters. The number of methoxy groups -OCH3 is 1. The smallest absolute Gasteiger partial charge is 0.269 e. The molecule has 0 saturated carbocycles. The van der Waals surface area contributed by atoms with Gasteiger partial charge in [0, 0.05) is 36.3 Å². The van der Waals surface area contributed by atoms with Crippen LogP contribution < -0.4 is 15.4 Å². The van der Waals surface area contributed by atoms with Crippen molar-refractivity contribution in [2.24, 2.45) is 0 Å². The van der Waals surface area contributed by atoms with Gasteiger partial charge < -0.3 is 15.4 Å². The summed E-state index contributed by atoms with van der Waals surface area (Å²) in [4.78, 5) is 35.3. The van der Waals surface area contributed by atoms with Gasteiger partial charge in [0.25, 0.3) is 5.91 Å². The average Bonchev–Trinajstić information content (AvgIpc) is 3.32. The summed E-state index contributed by atoms with van der Waals surface area (Å²) in [6, 6.07) is 15.0. The van der Waals surface area contributed by atoms with Crippen molar-refractivity contribution in [2.75, 3.05) is 32.6 Å². The Hall–Kier alpha value is -3.78.